The Kier molecular flexibility index (Phi) is 14.2. The van der Waals surface area contributed by atoms with Crippen molar-refractivity contribution in [1.29, 1.82) is 0 Å². The molecule has 0 radical (unpaired) electrons. The summed E-state index contributed by atoms with van der Waals surface area (Å²) in [6, 6.07) is 30.7. The van der Waals surface area contributed by atoms with Gasteiger partial charge in [0.05, 0.1) is 0 Å². The Bertz CT molecular complexity index is 2080. The fraction of sp³-hybridized carbons (Fsp3) is 0.400. The zero-order valence-corrected chi connectivity index (χ0v) is 41.0. The summed E-state index contributed by atoms with van der Waals surface area (Å²) < 4.78 is -1.69. The molecule has 8 heteroatoms. The fourth-order valence-corrected chi connectivity index (χ4v) is 39.6. The van der Waals surface area contributed by atoms with Gasteiger partial charge in [-0.15, -0.1) is 0 Å². The number of rotatable bonds is 17. The monoisotopic (exact) mass is 983 g/mol. The first kappa shape index (κ1) is 44.4. The molecule has 0 saturated heterocycles. The molecule has 4 nitrogen and oxygen atoms in total. The van der Waals surface area contributed by atoms with E-state index in [9.17, 15) is 9.59 Å². The molecule has 2 aliphatic rings. The average Bonchev–Trinajstić information content (AvgIpc) is 3.82. The number of fused-ring (bicyclic) bond motifs is 2. The Morgan fingerprint density at radius 1 is 0.586 bits per heavy atom. The van der Waals surface area contributed by atoms with Gasteiger partial charge in [-0.3, -0.25) is 0 Å². The molecule has 0 heterocycles. The Hall–Kier alpha value is -3.18. The van der Waals surface area contributed by atoms with Crippen LogP contribution in [0.4, 0.5) is 0 Å². The quantitative estimate of drug-likeness (QED) is 0.104. The van der Waals surface area contributed by atoms with E-state index >= 15 is 0 Å². The summed E-state index contributed by atoms with van der Waals surface area (Å²) in [6.07, 6.45) is 10.7. The van der Waals surface area contributed by atoms with E-state index in [-0.39, 0.29) is 32.0 Å². The van der Waals surface area contributed by atoms with E-state index in [2.05, 4.69) is 149 Å². The molecule has 4 unspecified atom stereocenters. The number of carbonyl (C=O) groups excluding carboxylic acids is 2. The van der Waals surface area contributed by atoms with Gasteiger partial charge in [-0.25, -0.2) is 0 Å². The van der Waals surface area contributed by atoms with E-state index in [1.807, 2.05) is 13.8 Å². The molecule has 305 valence electrons. The first-order chi connectivity index (χ1) is 27.9. The topological polar surface area (TPSA) is 58.2 Å². The zero-order chi connectivity index (χ0) is 41.8. The summed E-state index contributed by atoms with van der Waals surface area (Å²) in [5.74, 6) is 0.390. The Morgan fingerprint density at radius 2 is 0.966 bits per heavy atom. The number of carbonyl (C=O) groups is 2. The van der Waals surface area contributed by atoms with E-state index in [1.54, 1.807) is 0 Å². The summed E-state index contributed by atoms with van der Waals surface area (Å²) in [4.78, 5) is 27.6. The van der Waals surface area contributed by atoms with Gasteiger partial charge in [-0.1, -0.05) is 0 Å². The van der Waals surface area contributed by atoms with Crippen molar-refractivity contribution in [3.05, 3.63) is 129 Å². The van der Waals surface area contributed by atoms with Crippen molar-refractivity contribution >= 4 is 45.7 Å². The van der Waals surface area contributed by atoms with Gasteiger partial charge >= 0.3 is 359 Å². The third-order valence-electron chi connectivity index (χ3n) is 13.1. The van der Waals surface area contributed by atoms with Crippen LogP contribution in [0.3, 0.4) is 0 Å². The van der Waals surface area contributed by atoms with Crippen LogP contribution in [0.2, 0.25) is 0 Å². The molecule has 0 aliphatic heterocycles. The fourth-order valence-electron chi connectivity index (χ4n) is 9.83. The summed E-state index contributed by atoms with van der Waals surface area (Å²) >= 11 is -6.19. The molecule has 0 spiro atoms. The molecule has 6 rings (SSSR count). The van der Waals surface area contributed by atoms with E-state index in [1.165, 1.54) is 44.5 Å². The van der Waals surface area contributed by atoms with Crippen molar-refractivity contribution < 1.29 is 25.5 Å². The first-order valence-electron chi connectivity index (χ1n) is 21.9. The second-order valence-electron chi connectivity index (χ2n) is 16.7. The molecular formula is C50H62BCl2HfN2O2. The molecule has 58 heavy (non-hydrogen) atoms. The zero-order valence-electron chi connectivity index (χ0n) is 35.9. The van der Waals surface area contributed by atoms with Gasteiger partial charge in [-0.2, -0.15) is 0 Å². The van der Waals surface area contributed by atoms with E-state index in [0.717, 1.165) is 60.8 Å². The Balaban J connectivity index is 1.71. The van der Waals surface area contributed by atoms with Crippen molar-refractivity contribution in [2.24, 2.45) is 0 Å². The van der Waals surface area contributed by atoms with Crippen LogP contribution in [0.15, 0.2) is 96.1 Å². The predicted octanol–water partition coefficient (Wildman–Crippen LogP) is 14.3. The molecule has 4 atom stereocenters. The molecule has 0 aromatic heterocycles. The first-order valence-corrected chi connectivity index (χ1v) is 37.0. The molecule has 2 amide bonds. The normalized spacial score (nSPS) is 17.6. The number of halogens is 2. The second kappa shape index (κ2) is 18.6. The standard InChI is InChI=1S/2C22H25.C6H11BN2O2.2ClH.Hf/c2*1-4-9-17-14-18-10-8-13-21(22(18)15-17)20-12-7-6-11-19(20)16(3)5-2;1-3-5(10)8-7-9-6(11)4-2;;;/h2*6-8,10-16H,4-5,9H2,1-3H3;3-4H2,1-2H3,(H-,8,9,10,11);2*1H;/q;;;;;+1/p-1. The molecular weight excluding hydrogens is 921 g/mol. The van der Waals surface area contributed by atoms with Crippen LogP contribution in [0.25, 0.3) is 34.4 Å². The minimum absolute atomic E-state index is 0.184. The van der Waals surface area contributed by atoms with Crippen molar-refractivity contribution in [1.82, 2.24) is 10.5 Å². The Morgan fingerprint density at radius 3 is 1.33 bits per heavy atom. The van der Waals surface area contributed by atoms with Gasteiger partial charge in [-0.05, 0) is 0 Å². The third kappa shape index (κ3) is 8.04. The van der Waals surface area contributed by atoms with Crippen LogP contribution in [-0.4, -0.2) is 16.4 Å². The van der Waals surface area contributed by atoms with Crippen LogP contribution in [-0.2, 0) is 25.5 Å². The van der Waals surface area contributed by atoms with Gasteiger partial charge in [0, 0.05) is 0 Å². The second-order valence-corrected chi connectivity index (χ2v) is 47.1. The maximum absolute atomic E-state index is 13.8. The van der Waals surface area contributed by atoms with Crippen LogP contribution in [0.1, 0.15) is 159 Å². The average molecular weight is 983 g/mol. The summed E-state index contributed by atoms with van der Waals surface area (Å²) in [5.41, 5.74) is 14.3. The van der Waals surface area contributed by atoms with Gasteiger partial charge in [0.25, 0.3) is 0 Å². The maximum atomic E-state index is 13.8. The van der Waals surface area contributed by atoms with Crippen molar-refractivity contribution in [3.63, 3.8) is 0 Å². The van der Waals surface area contributed by atoms with Crippen molar-refractivity contribution in [2.75, 3.05) is 0 Å². The molecule has 0 bridgehead atoms. The van der Waals surface area contributed by atoms with Crippen molar-refractivity contribution in [3.8, 4) is 22.3 Å². The van der Waals surface area contributed by atoms with Gasteiger partial charge in [0.15, 0.2) is 0 Å². The molecule has 0 saturated carbocycles. The van der Waals surface area contributed by atoms with Crippen LogP contribution < -0.4 is 10.5 Å². The SMILES string of the molecule is CCCC1=Cc2c(-c3ccccc3C(C)CC)cccc2[CH]1[Hf]([Cl])([Cl])([B](NC(=O)CC)NC(=O)CC)[CH]1C(CCC)=Cc2c(-c3ccccc3C(C)CC)cccc21. The van der Waals surface area contributed by atoms with E-state index in [0.29, 0.717) is 11.8 Å². The van der Waals surface area contributed by atoms with Gasteiger partial charge in [0.2, 0.25) is 0 Å². The van der Waals surface area contributed by atoms with Crippen LogP contribution in [0, 0.1) is 0 Å². The van der Waals surface area contributed by atoms with E-state index < -0.39 is 20.5 Å². The minimum atomic E-state index is -6.19. The summed E-state index contributed by atoms with van der Waals surface area (Å²) in [7, 11) is 17.9. The number of hydrogen-bond donors (Lipinski definition) is 2. The molecule has 2 aliphatic carbocycles. The molecule has 4 aromatic carbocycles. The van der Waals surface area contributed by atoms with Crippen molar-refractivity contribution in [2.45, 2.75) is 126 Å². The van der Waals surface area contributed by atoms with Gasteiger partial charge in [0.1, 0.15) is 0 Å². The summed E-state index contributed by atoms with van der Waals surface area (Å²) in [5, 5.41) is 6.64. The molecule has 0 fully saturated rings. The molecule has 2 N–H and O–H groups in total. The number of nitrogens with one attached hydrogen (secondary N) is 2. The number of benzene rings is 4. The number of allylic oxidation sites excluding steroid dienone is 2. The van der Waals surface area contributed by atoms with Gasteiger partial charge < -0.3 is 0 Å². The third-order valence-corrected chi connectivity index (χ3v) is 41.6. The number of amides is 2. The van der Waals surface area contributed by atoms with Crippen LogP contribution >= 0.6 is 17.2 Å². The molecule has 4 aromatic rings. The Labute approximate surface area is 356 Å². The predicted molar refractivity (Wildman–Crippen MR) is 247 cm³/mol. The summed E-state index contributed by atoms with van der Waals surface area (Å²) in [6.45, 7) is 17.2. The van der Waals surface area contributed by atoms with E-state index in [4.69, 9.17) is 17.2 Å². The van der Waals surface area contributed by atoms with Crippen LogP contribution in [0.5, 0.6) is 0 Å². The number of hydrogen-bond acceptors (Lipinski definition) is 2.